The zero-order valence-corrected chi connectivity index (χ0v) is 13.7. The summed E-state index contributed by atoms with van der Waals surface area (Å²) in [6, 6.07) is 5.43. The van der Waals surface area contributed by atoms with Crippen LogP contribution in [0.2, 0.25) is 0 Å². The Balaban J connectivity index is 1.56. The van der Waals surface area contributed by atoms with Gasteiger partial charge in [-0.15, -0.1) is 0 Å². The fraction of sp³-hybridized carbons (Fsp3) is 0.412. The molecule has 3 aromatic rings. The highest BCUT2D eigenvalue weighted by molar-refractivity contribution is 5.95. The average molecular weight is 326 g/mol. The number of likely N-dealkylation sites (tertiary alicyclic amines) is 1. The summed E-state index contributed by atoms with van der Waals surface area (Å²) in [6.45, 7) is 4.96. The SMILES string of the molecule is Cc1ccc2oc(C(=O)N3CCC[C@@H](c4noc(C)n4)C3)cc2n1. The van der Waals surface area contributed by atoms with E-state index in [0.29, 0.717) is 41.7 Å². The number of nitrogens with zero attached hydrogens (tertiary/aromatic N) is 4. The maximum Gasteiger partial charge on any atom is 0.289 e. The van der Waals surface area contributed by atoms with Crippen molar-refractivity contribution in [3.05, 3.63) is 41.4 Å². The monoisotopic (exact) mass is 326 g/mol. The van der Waals surface area contributed by atoms with Crippen molar-refractivity contribution in [2.24, 2.45) is 0 Å². The topological polar surface area (TPSA) is 85.3 Å². The normalized spacial score (nSPS) is 18.2. The minimum Gasteiger partial charge on any atom is -0.449 e. The van der Waals surface area contributed by atoms with E-state index in [0.717, 1.165) is 18.5 Å². The Hall–Kier alpha value is -2.70. The average Bonchev–Trinajstić information content (AvgIpc) is 3.20. The fourth-order valence-electron chi connectivity index (χ4n) is 3.14. The number of carbonyl (C=O) groups excluding carboxylic acids is 1. The Bertz CT molecular complexity index is 898. The first kappa shape index (κ1) is 14.9. The van der Waals surface area contributed by atoms with Crippen LogP contribution in [0.4, 0.5) is 0 Å². The molecule has 1 atom stereocenters. The molecule has 7 nitrogen and oxygen atoms in total. The van der Waals surface area contributed by atoms with Gasteiger partial charge in [-0.1, -0.05) is 5.16 Å². The molecule has 7 heteroatoms. The number of furan rings is 1. The van der Waals surface area contributed by atoms with Gasteiger partial charge in [0.2, 0.25) is 5.89 Å². The van der Waals surface area contributed by atoms with E-state index in [1.165, 1.54) is 0 Å². The van der Waals surface area contributed by atoms with E-state index >= 15 is 0 Å². The molecule has 0 bridgehead atoms. The van der Waals surface area contributed by atoms with Crippen molar-refractivity contribution in [2.45, 2.75) is 32.6 Å². The number of piperidine rings is 1. The van der Waals surface area contributed by atoms with Crippen LogP contribution in [0.15, 0.2) is 27.1 Å². The van der Waals surface area contributed by atoms with E-state index in [4.69, 9.17) is 8.94 Å². The summed E-state index contributed by atoms with van der Waals surface area (Å²) >= 11 is 0. The third-order valence-electron chi connectivity index (χ3n) is 4.34. The molecule has 0 aliphatic carbocycles. The van der Waals surface area contributed by atoms with E-state index in [1.807, 2.05) is 19.1 Å². The van der Waals surface area contributed by atoms with E-state index in [1.54, 1.807) is 17.9 Å². The molecular weight excluding hydrogens is 308 g/mol. The standard InChI is InChI=1S/C17H18N4O3/c1-10-5-6-14-13(18-10)8-15(23-14)17(22)21-7-3-4-12(9-21)16-19-11(2)24-20-16/h5-6,8,12H,3-4,7,9H2,1-2H3/t12-/m1/s1. The largest absolute Gasteiger partial charge is 0.449 e. The molecule has 1 saturated heterocycles. The lowest BCUT2D eigenvalue weighted by Crippen LogP contribution is -2.39. The summed E-state index contributed by atoms with van der Waals surface area (Å²) in [4.78, 5) is 23.3. The van der Waals surface area contributed by atoms with Gasteiger partial charge in [0.05, 0.1) is 0 Å². The van der Waals surface area contributed by atoms with Crippen LogP contribution in [0.5, 0.6) is 0 Å². The van der Waals surface area contributed by atoms with Crippen LogP contribution >= 0.6 is 0 Å². The number of carbonyl (C=O) groups is 1. The van der Waals surface area contributed by atoms with Gasteiger partial charge < -0.3 is 13.8 Å². The van der Waals surface area contributed by atoms with Crippen molar-refractivity contribution < 1.29 is 13.7 Å². The maximum absolute atomic E-state index is 12.8. The number of aromatic nitrogens is 3. The second-order valence-corrected chi connectivity index (χ2v) is 6.21. The van der Waals surface area contributed by atoms with Crippen molar-refractivity contribution >= 4 is 17.0 Å². The van der Waals surface area contributed by atoms with Crippen molar-refractivity contribution in [1.29, 1.82) is 0 Å². The van der Waals surface area contributed by atoms with Crippen LogP contribution in [-0.2, 0) is 0 Å². The molecule has 1 aliphatic rings. The molecule has 0 saturated carbocycles. The number of fused-ring (bicyclic) bond motifs is 1. The zero-order valence-electron chi connectivity index (χ0n) is 13.7. The molecule has 0 aromatic carbocycles. The number of hydrogen-bond acceptors (Lipinski definition) is 6. The Morgan fingerprint density at radius 3 is 2.96 bits per heavy atom. The first-order valence-electron chi connectivity index (χ1n) is 8.07. The molecule has 0 N–H and O–H groups in total. The minimum atomic E-state index is -0.115. The van der Waals surface area contributed by atoms with Gasteiger partial charge in [-0.25, -0.2) is 4.98 Å². The molecule has 4 rings (SSSR count). The van der Waals surface area contributed by atoms with E-state index in [-0.39, 0.29) is 11.8 Å². The molecule has 1 amide bonds. The first-order valence-corrected chi connectivity index (χ1v) is 8.07. The summed E-state index contributed by atoms with van der Waals surface area (Å²) in [6.07, 6.45) is 1.85. The first-order chi connectivity index (χ1) is 11.6. The fourth-order valence-corrected chi connectivity index (χ4v) is 3.14. The molecule has 4 heterocycles. The number of amides is 1. The van der Waals surface area contributed by atoms with Crippen LogP contribution in [0, 0.1) is 13.8 Å². The summed E-state index contributed by atoms with van der Waals surface area (Å²) in [5.41, 5.74) is 2.24. The van der Waals surface area contributed by atoms with Gasteiger partial charge in [-0.05, 0) is 31.9 Å². The van der Waals surface area contributed by atoms with Gasteiger partial charge in [0, 0.05) is 37.7 Å². The molecule has 0 unspecified atom stereocenters. The molecule has 3 aromatic heterocycles. The lowest BCUT2D eigenvalue weighted by molar-refractivity contribution is 0.0674. The molecule has 0 spiro atoms. The smallest absolute Gasteiger partial charge is 0.289 e. The molecule has 1 aliphatic heterocycles. The van der Waals surface area contributed by atoms with Crippen LogP contribution in [0.3, 0.4) is 0 Å². The van der Waals surface area contributed by atoms with Gasteiger partial charge in [0.15, 0.2) is 17.2 Å². The predicted octanol–water partition coefficient (Wildman–Crippen LogP) is 2.85. The highest BCUT2D eigenvalue weighted by Crippen LogP contribution is 2.27. The number of rotatable bonds is 2. The molecule has 1 fully saturated rings. The highest BCUT2D eigenvalue weighted by atomic mass is 16.5. The summed E-state index contributed by atoms with van der Waals surface area (Å²) in [5.74, 6) is 1.53. The van der Waals surface area contributed by atoms with Gasteiger partial charge in [0.25, 0.3) is 5.91 Å². The third kappa shape index (κ3) is 2.66. The lowest BCUT2D eigenvalue weighted by Gasteiger charge is -2.30. The van der Waals surface area contributed by atoms with Crippen molar-refractivity contribution in [3.63, 3.8) is 0 Å². The highest BCUT2D eigenvalue weighted by Gasteiger charge is 2.29. The molecule has 0 radical (unpaired) electrons. The second kappa shape index (κ2) is 5.74. The Morgan fingerprint density at radius 2 is 2.17 bits per heavy atom. The van der Waals surface area contributed by atoms with Gasteiger partial charge in [-0.2, -0.15) is 4.98 Å². The zero-order chi connectivity index (χ0) is 16.7. The van der Waals surface area contributed by atoms with E-state index in [9.17, 15) is 4.79 Å². The summed E-state index contributed by atoms with van der Waals surface area (Å²) in [7, 11) is 0. The van der Waals surface area contributed by atoms with Gasteiger partial charge in [0.1, 0.15) is 5.52 Å². The summed E-state index contributed by atoms with van der Waals surface area (Å²) < 4.78 is 10.7. The van der Waals surface area contributed by atoms with Crippen molar-refractivity contribution in [3.8, 4) is 0 Å². The lowest BCUT2D eigenvalue weighted by atomic mass is 9.97. The Morgan fingerprint density at radius 1 is 1.29 bits per heavy atom. The minimum absolute atomic E-state index is 0.102. The van der Waals surface area contributed by atoms with Gasteiger partial charge in [-0.3, -0.25) is 4.79 Å². The van der Waals surface area contributed by atoms with Crippen molar-refractivity contribution in [2.75, 3.05) is 13.1 Å². The van der Waals surface area contributed by atoms with E-state index in [2.05, 4.69) is 15.1 Å². The molecule has 124 valence electrons. The molecular formula is C17H18N4O3. The van der Waals surface area contributed by atoms with Crippen LogP contribution < -0.4 is 0 Å². The van der Waals surface area contributed by atoms with E-state index < -0.39 is 0 Å². The number of hydrogen-bond donors (Lipinski definition) is 0. The second-order valence-electron chi connectivity index (χ2n) is 6.21. The Labute approximate surface area is 138 Å². The van der Waals surface area contributed by atoms with Crippen molar-refractivity contribution in [1.82, 2.24) is 20.0 Å². The predicted molar refractivity (Wildman–Crippen MR) is 85.7 cm³/mol. The van der Waals surface area contributed by atoms with Crippen LogP contribution in [0.25, 0.3) is 11.1 Å². The quantitative estimate of drug-likeness (QED) is 0.720. The number of pyridine rings is 1. The number of aryl methyl sites for hydroxylation is 2. The maximum atomic E-state index is 12.8. The van der Waals surface area contributed by atoms with Crippen LogP contribution in [-0.4, -0.2) is 39.0 Å². The Kier molecular flexibility index (Phi) is 3.55. The summed E-state index contributed by atoms with van der Waals surface area (Å²) in [5, 5.41) is 3.99. The molecule has 24 heavy (non-hydrogen) atoms. The third-order valence-corrected chi connectivity index (χ3v) is 4.34. The van der Waals surface area contributed by atoms with Gasteiger partial charge >= 0.3 is 0 Å². The van der Waals surface area contributed by atoms with Crippen LogP contribution in [0.1, 0.15) is 46.7 Å².